The molecule has 0 saturated carbocycles. The summed E-state index contributed by atoms with van der Waals surface area (Å²) in [6, 6.07) is 0. The van der Waals surface area contributed by atoms with Gasteiger partial charge >= 0.3 is 12.3 Å². The molecule has 1 aromatic heterocycles. The van der Waals surface area contributed by atoms with Gasteiger partial charge in [-0.2, -0.15) is 9.49 Å². The van der Waals surface area contributed by atoms with Crippen LogP contribution in [-0.2, 0) is 16.1 Å². The van der Waals surface area contributed by atoms with Crippen molar-refractivity contribution in [2.24, 2.45) is 0 Å². The molecule has 0 aliphatic rings. The van der Waals surface area contributed by atoms with Crippen molar-refractivity contribution in [3.8, 4) is 5.75 Å². The maximum atomic E-state index is 13.1. The minimum Gasteiger partial charge on any atom is -0.461 e. The minimum absolute atomic E-state index is 0.123. The van der Waals surface area contributed by atoms with Gasteiger partial charge < -0.3 is 9.47 Å². The molecule has 0 aliphatic carbocycles. The Kier molecular flexibility index (Phi) is 4.75. The van der Waals surface area contributed by atoms with Crippen LogP contribution in [0.1, 0.15) is 20.3 Å². The van der Waals surface area contributed by atoms with Crippen molar-refractivity contribution < 1.29 is 18.7 Å². The minimum atomic E-state index is -2.10. The van der Waals surface area contributed by atoms with E-state index >= 15 is 0 Å². The second-order valence-corrected chi connectivity index (χ2v) is 3.13. The van der Waals surface area contributed by atoms with Crippen molar-refractivity contribution in [3.63, 3.8) is 0 Å². The van der Waals surface area contributed by atoms with Gasteiger partial charge in [0.15, 0.2) is 5.75 Å². The number of halogens is 1. The average Bonchev–Trinajstić information content (AvgIpc) is 2.66. The van der Waals surface area contributed by atoms with Crippen LogP contribution < -0.4 is 4.74 Å². The normalized spacial score (nSPS) is 12.2. The van der Waals surface area contributed by atoms with E-state index in [1.54, 1.807) is 11.6 Å². The third kappa shape index (κ3) is 3.52. The van der Waals surface area contributed by atoms with Crippen LogP contribution in [0.2, 0.25) is 0 Å². The van der Waals surface area contributed by atoms with Crippen LogP contribution in [-0.4, -0.2) is 28.7 Å². The first-order valence-corrected chi connectivity index (χ1v) is 5.17. The van der Waals surface area contributed by atoms with Gasteiger partial charge in [0.05, 0.1) is 19.0 Å². The monoisotopic (exact) mass is 230 g/mol. The lowest BCUT2D eigenvalue weighted by atomic mass is 10.5. The van der Waals surface area contributed by atoms with Gasteiger partial charge in [-0.3, -0.25) is 4.68 Å². The van der Waals surface area contributed by atoms with E-state index in [2.05, 4.69) is 9.84 Å². The molecule has 6 heteroatoms. The van der Waals surface area contributed by atoms with E-state index in [0.717, 1.165) is 13.0 Å². The highest BCUT2D eigenvalue weighted by atomic mass is 19.1. The smallest absolute Gasteiger partial charge is 0.381 e. The average molecular weight is 230 g/mol. The van der Waals surface area contributed by atoms with E-state index in [4.69, 9.17) is 4.74 Å². The largest absolute Gasteiger partial charge is 0.461 e. The van der Waals surface area contributed by atoms with Crippen LogP contribution in [0.25, 0.3) is 0 Å². The quantitative estimate of drug-likeness (QED) is 0.695. The molecule has 5 nitrogen and oxygen atoms in total. The van der Waals surface area contributed by atoms with Crippen molar-refractivity contribution in [1.82, 2.24) is 9.78 Å². The summed E-state index contributed by atoms with van der Waals surface area (Å²) < 4.78 is 23.9. The molecule has 1 rings (SSSR count). The summed E-state index contributed by atoms with van der Waals surface area (Å²) >= 11 is 0. The first kappa shape index (κ1) is 12.5. The van der Waals surface area contributed by atoms with Gasteiger partial charge in [-0.25, -0.2) is 4.79 Å². The number of hydrogen-bond donors (Lipinski definition) is 0. The van der Waals surface area contributed by atoms with E-state index in [0.29, 0.717) is 0 Å². The molecule has 0 spiro atoms. The van der Waals surface area contributed by atoms with Crippen molar-refractivity contribution in [1.29, 1.82) is 0 Å². The molecule has 16 heavy (non-hydrogen) atoms. The van der Waals surface area contributed by atoms with Gasteiger partial charge in [0.2, 0.25) is 0 Å². The van der Waals surface area contributed by atoms with E-state index < -0.39 is 12.3 Å². The number of nitrogens with zero attached hydrogens (tertiary/aromatic N) is 2. The third-order valence-corrected chi connectivity index (χ3v) is 1.77. The summed E-state index contributed by atoms with van der Waals surface area (Å²) in [6.07, 6.45) is 1.72. The summed E-state index contributed by atoms with van der Waals surface area (Å²) in [5.74, 6) is -0.806. The highest BCUT2D eigenvalue weighted by Crippen LogP contribution is 2.12. The van der Waals surface area contributed by atoms with Crippen LogP contribution in [0.3, 0.4) is 0 Å². The van der Waals surface area contributed by atoms with E-state index in [9.17, 15) is 9.18 Å². The highest BCUT2D eigenvalue weighted by Gasteiger charge is 2.20. The Balaban J connectivity index is 2.48. The van der Waals surface area contributed by atoms with Crippen molar-refractivity contribution in [2.75, 3.05) is 6.61 Å². The molecule has 1 aromatic rings. The number of carbonyl (C=O) groups excluding carboxylic acids is 1. The van der Waals surface area contributed by atoms with E-state index in [-0.39, 0.29) is 12.4 Å². The van der Waals surface area contributed by atoms with Crippen LogP contribution in [0.5, 0.6) is 5.75 Å². The number of rotatable bonds is 6. The van der Waals surface area contributed by atoms with Crippen molar-refractivity contribution in [2.45, 2.75) is 33.2 Å². The standard InChI is InChI=1S/C10H15FN2O3/c1-3-5-13-7-8(6-12-13)16-9(11)10(14)15-4-2/h6-7,9H,3-5H2,1-2H3. The molecule has 0 saturated heterocycles. The lowest BCUT2D eigenvalue weighted by Crippen LogP contribution is -2.24. The summed E-state index contributed by atoms with van der Waals surface area (Å²) in [5, 5.41) is 3.94. The Bertz CT molecular complexity index is 341. The first-order chi connectivity index (χ1) is 7.67. The Morgan fingerprint density at radius 1 is 1.62 bits per heavy atom. The second kappa shape index (κ2) is 6.09. The van der Waals surface area contributed by atoms with Crippen LogP contribution in [0.15, 0.2) is 12.4 Å². The van der Waals surface area contributed by atoms with Crippen LogP contribution in [0.4, 0.5) is 4.39 Å². The van der Waals surface area contributed by atoms with Crippen LogP contribution in [0, 0.1) is 0 Å². The molecular formula is C10H15FN2O3. The molecule has 0 fully saturated rings. The number of aromatic nitrogens is 2. The summed E-state index contributed by atoms with van der Waals surface area (Å²) in [4.78, 5) is 10.9. The zero-order valence-corrected chi connectivity index (χ0v) is 9.35. The number of carbonyl (C=O) groups is 1. The lowest BCUT2D eigenvalue weighted by molar-refractivity contribution is -0.159. The molecule has 0 radical (unpaired) electrons. The fourth-order valence-corrected chi connectivity index (χ4v) is 1.13. The highest BCUT2D eigenvalue weighted by molar-refractivity contribution is 5.73. The molecular weight excluding hydrogens is 215 g/mol. The van der Waals surface area contributed by atoms with E-state index in [1.807, 2.05) is 6.92 Å². The topological polar surface area (TPSA) is 53.4 Å². The Hall–Kier alpha value is -1.59. The summed E-state index contributed by atoms with van der Waals surface area (Å²) in [6.45, 7) is 4.44. The fourth-order valence-electron chi connectivity index (χ4n) is 1.13. The maximum Gasteiger partial charge on any atom is 0.381 e. The lowest BCUT2D eigenvalue weighted by Gasteiger charge is -2.07. The SMILES string of the molecule is CCCn1cc(OC(F)C(=O)OCC)cn1. The van der Waals surface area contributed by atoms with Crippen LogP contribution >= 0.6 is 0 Å². The zero-order chi connectivity index (χ0) is 12.0. The summed E-state index contributed by atoms with van der Waals surface area (Å²) in [7, 11) is 0. The molecule has 0 aromatic carbocycles. The van der Waals surface area contributed by atoms with E-state index in [1.165, 1.54) is 12.4 Å². The van der Waals surface area contributed by atoms with Crippen molar-refractivity contribution >= 4 is 5.97 Å². The van der Waals surface area contributed by atoms with Gasteiger partial charge in [0.25, 0.3) is 0 Å². The summed E-state index contributed by atoms with van der Waals surface area (Å²) in [5.41, 5.74) is 0. The van der Waals surface area contributed by atoms with Gasteiger partial charge in [0.1, 0.15) is 0 Å². The number of aryl methyl sites for hydroxylation is 1. The van der Waals surface area contributed by atoms with Gasteiger partial charge in [-0.15, -0.1) is 0 Å². The molecule has 1 atom stereocenters. The zero-order valence-electron chi connectivity index (χ0n) is 9.35. The van der Waals surface area contributed by atoms with Crippen molar-refractivity contribution in [3.05, 3.63) is 12.4 Å². The maximum absolute atomic E-state index is 13.1. The third-order valence-electron chi connectivity index (χ3n) is 1.77. The number of hydrogen-bond acceptors (Lipinski definition) is 4. The molecule has 0 N–H and O–H groups in total. The molecule has 0 aliphatic heterocycles. The Morgan fingerprint density at radius 3 is 3.00 bits per heavy atom. The Morgan fingerprint density at radius 2 is 2.38 bits per heavy atom. The number of alkyl halides is 1. The molecule has 0 bridgehead atoms. The Labute approximate surface area is 93.1 Å². The predicted octanol–water partition coefficient (Wildman–Crippen LogP) is 1.53. The van der Waals surface area contributed by atoms with Gasteiger partial charge in [-0.05, 0) is 13.3 Å². The van der Waals surface area contributed by atoms with Gasteiger partial charge in [-0.1, -0.05) is 6.92 Å². The number of esters is 1. The molecule has 0 amide bonds. The number of ether oxygens (including phenoxy) is 2. The first-order valence-electron chi connectivity index (χ1n) is 5.17. The van der Waals surface area contributed by atoms with Gasteiger partial charge in [0, 0.05) is 6.54 Å². The molecule has 1 unspecified atom stereocenters. The molecule has 90 valence electrons. The fraction of sp³-hybridized carbons (Fsp3) is 0.600. The second-order valence-electron chi connectivity index (χ2n) is 3.13. The molecule has 1 heterocycles. The predicted molar refractivity (Wildman–Crippen MR) is 54.7 cm³/mol.